The first-order valence-electron chi connectivity index (χ1n) is 6.59. The van der Waals surface area contributed by atoms with Crippen molar-refractivity contribution in [3.63, 3.8) is 0 Å². The number of nitrogens with one attached hydrogen (secondary N) is 1. The van der Waals surface area contributed by atoms with Gasteiger partial charge in [0.25, 0.3) is 0 Å². The van der Waals surface area contributed by atoms with E-state index in [0.29, 0.717) is 6.42 Å². The highest BCUT2D eigenvalue weighted by Crippen LogP contribution is 2.31. The van der Waals surface area contributed by atoms with Crippen molar-refractivity contribution in [1.29, 1.82) is 0 Å². The molecule has 2 rings (SSSR count). The second-order valence-corrected chi connectivity index (χ2v) is 6.92. The zero-order valence-electron chi connectivity index (χ0n) is 11.8. The summed E-state index contributed by atoms with van der Waals surface area (Å²) in [7, 11) is 1.91. The van der Waals surface area contributed by atoms with Crippen LogP contribution in [0.25, 0.3) is 0 Å². The summed E-state index contributed by atoms with van der Waals surface area (Å²) < 4.78 is 3.84. The number of hydrogen-bond donors (Lipinski definition) is 2. The number of halogens is 3. The SMILES string of the molecule is CCc1nn(C)c(CC(NN)c2ccc(Br)cc2Br)c1Cl. The molecule has 0 fully saturated rings. The highest BCUT2D eigenvalue weighted by molar-refractivity contribution is 9.11. The van der Waals surface area contributed by atoms with Gasteiger partial charge < -0.3 is 0 Å². The molecule has 3 N–H and O–H groups in total. The average Bonchev–Trinajstić information content (AvgIpc) is 2.72. The minimum absolute atomic E-state index is 0.0509. The third-order valence-corrected chi connectivity index (χ3v) is 5.06. The molecular weight excluding hydrogens is 419 g/mol. The molecule has 1 aromatic carbocycles. The van der Waals surface area contributed by atoms with E-state index < -0.39 is 0 Å². The maximum Gasteiger partial charge on any atom is 0.0850 e. The van der Waals surface area contributed by atoms with Gasteiger partial charge >= 0.3 is 0 Å². The number of aromatic nitrogens is 2. The molecule has 21 heavy (non-hydrogen) atoms. The van der Waals surface area contributed by atoms with E-state index in [1.165, 1.54) is 0 Å². The standard InChI is InChI=1S/C14H17Br2ClN4/c1-3-11-14(17)13(21(2)20-11)7-12(19-18)9-5-4-8(15)6-10(9)16/h4-6,12,19H,3,7,18H2,1-2H3. The molecule has 0 aliphatic carbocycles. The minimum atomic E-state index is -0.0509. The number of nitrogens with zero attached hydrogens (tertiary/aromatic N) is 2. The Kier molecular flexibility index (Phi) is 5.85. The number of benzene rings is 1. The van der Waals surface area contributed by atoms with Crippen LogP contribution in [0.4, 0.5) is 0 Å². The van der Waals surface area contributed by atoms with E-state index in [9.17, 15) is 0 Å². The van der Waals surface area contributed by atoms with Crippen molar-refractivity contribution < 1.29 is 0 Å². The molecule has 2 aromatic rings. The van der Waals surface area contributed by atoms with Crippen molar-refractivity contribution in [2.24, 2.45) is 12.9 Å². The van der Waals surface area contributed by atoms with E-state index >= 15 is 0 Å². The lowest BCUT2D eigenvalue weighted by Gasteiger charge is -2.18. The average molecular weight is 437 g/mol. The van der Waals surface area contributed by atoms with Crippen molar-refractivity contribution >= 4 is 43.5 Å². The van der Waals surface area contributed by atoms with Crippen LogP contribution in [0.2, 0.25) is 5.02 Å². The van der Waals surface area contributed by atoms with E-state index in [0.717, 1.165) is 37.3 Å². The van der Waals surface area contributed by atoms with E-state index in [1.54, 1.807) is 0 Å². The molecule has 0 saturated heterocycles. The Morgan fingerprint density at radius 2 is 2.14 bits per heavy atom. The molecular formula is C14H17Br2ClN4. The summed E-state index contributed by atoms with van der Waals surface area (Å²) in [6.07, 6.45) is 1.48. The fraction of sp³-hybridized carbons (Fsp3) is 0.357. The zero-order valence-corrected chi connectivity index (χ0v) is 15.8. The molecule has 0 aliphatic heterocycles. The molecule has 1 heterocycles. The van der Waals surface area contributed by atoms with Crippen LogP contribution in [0.1, 0.15) is 29.9 Å². The Hall–Kier alpha value is -0.400. The van der Waals surface area contributed by atoms with Crippen LogP contribution in [-0.4, -0.2) is 9.78 Å². The summed E-state index contributed by atoms with van der Waals surface area (Å²) in [5.74, 6) is 5.74. The first kappa shape index (κ1) is 17.0. The first-order valence-corrected chi connectivity index (χ1v) is 8.55. The summed E-state index contributed by atoms with van der Waals surface area (Å²) in [6, 6.07) is 5.98. The third kappa shape index (κ3) is 3.68. The summed E-state index contributed by atoms with van der Waals surface area (Å²) >= 11 is 13.4. The summed E-state index contributed by atoms with van der Waals surface area (Å²) in [5.41, 5.74) is 5.84. The molecule has 4 nitrogen and oxygen atoms in total. The summed E-state index contributed by atoms with van der Waals surface area (Å²) in [5, 5.41) is 5.17. The van der Waals surface area contributed by atoms with Gasteiger partial charge in [0, 0.05) is 22.4 Å². The van der Waals surface area contributed by atoms with Gasteiger partial charge in [-0.2, -0.15) is 5.10 Å². The number of hydrogen-bond acceptors (Lipinski definition) is 3. The van der Waals surface area contributed by atoms with Crippen molar-refractivity contribution in [2.45, 2.75) is 25.8 Å². The van der Waals surface area contributed by atoms with E-state index in [-0.39, 0.29) is 6.04 Å². The van der Waals surface area contributed by atoms with Crippen LogP contribution in [0.15, 0.2) is 27.1 Å². The third-order valence-electron chi connectivity index (χ3n) is 3.44. The van der Waals surface area contributed by atoms with Crippen molar-refractivity contribution in [3.05, 3.63) is 49.1 Å². The van der Waals surface area contributed by atoms with Gasteiger partial charge in [-0.15, -0.1) is 0 Å². The molecule has 1 unspecified atom stereocenters. The normalized spacial score (nSPS) is 12.7. The van der Waals surface area contributed by atoms with Crippen molar-refractivity contribution in [2.75, 3.05) is 0 Å². The van der Waals surface area contributed by atoms with Gasteiger partial charge in [-0.05, 0) is 24.1 Å². The maximum atomic E-state index is 6.41. The van der Waals surface area contributed by atoms with Crippen LogP contribution in [0.5, 0.6) is 0 Å². The predicted molar refractivity (Wildman–Crippen MR) is 93.2 cm³/mol. The molecule has 0 aliphatic rings. The highest BCUT2D eigenvalue weighted by Gasteiger charge is 2.20. The Bertz CT molecular complexity index is 642. The first-order chi connectivity index (χ1) is 9.97. The fourth-order valence-electron chi connectivity index (χ4n) is 2.28. The second-order valence-electron chi connectivity index (χ2n) is 4.77. The van der Waals surface area contributed by atoms with Crippen molar-refractivity contribution in [3.8, 4) is 0 Å². The molecule has 7 heteroatoms. The zero-order chi connectivity index (χ0) is 15.6. The Morgan fingerprint density at radius 1 is 1.43 bits per heavy atom. The second kappa shape index (κ2) is 7.24. The van der Waals surface area contributed by atoms with Crippen molar-refractivity contribution in [1.82, 2.24) is 15.2 Å². The quantitative estimate of drug-likeness (QED) is 0.552. The molecule has 1 atom stereocenters. The van der Waals surface area contributed by atoms with Gasteiger partial charge in [-0.25, -0.2) is 0 Å². The van der Waals surface area contributed by atoms with Crippen LogP contribution >= 0.6 is 43.5 Å². The molecule has 0 bridgehead atoms. The number of aryl methyl sites for hydroxylation is 2. The van der Waals surface area contributed by atoms with Gasteiger partial charge in [-0.3, -0.25) is 16.0 Å². The number of rotatable bonds is 5. The largest absolute Gasteiger partial charge is 0.271 e. The Labute approximate surface area is 146 Å². The Balaban J connectivity index is 2.33. The molecule has 114 valence electrons. The molecule has 0 amide bonds. The lowest BCUT2D eigenvalue weighted by molar-refractivity contribution is 0.528. The van der Waals surface area contributed by atoms with Gasteiger partial charge in [-0.1, -0.05) is 56.5 Å². The van der Waals surface area contributed by atoms with Gasteiger partial charge in [0.1, 0.15) is 0 Å². The molecule has 1 aromatic heterocycles. The van der Waals surface area contributed by atoms with Crippen LogP contribution < -0.4 is 11.3 Å². The van der Waals surface area contributed by atoms with Crippen LogP contribution in [-0.2, 0) is 19.9 Å². The predicted octanol–water partition coefficient (Wildman–Crippen LogP) is 3.91. The molecule has 0 spiro atoms. The van der Waals surface area contributed by atoms with E-state index in [4.69, 9.17) is 17.4 Å². The van der Waals surface area contributed by atoms with Crippen LogP contribution in [0.3, 0.4) is 0 Å². The number of nitrogens with two attached hydrogens (primary N) is 1. The summed E-state index contributed by atoms with van der Waals surface area (Å²) in [4.78, 5) is 0. The number of hydrazine groups is 1. The van der Waals surface area contributed by atoms with E-state index in [2.05, 4.69) is 42.4 Å². The van der Waals surface area contributed by atoms with Gasteiger partial charge in [0.2, 0.25) is 0 Å². The summed E-state index contributed by atoms with van der Waals surface area (Å²) in [6.45, 7) is 2.04. The van der Waals surface area contributed by atoms with Crippen LogP contribution in [0, 0.1) is 0 Å². The topological polar surface area (TPSA) is 55.9 Å². The fourth-order valence-corrected chi connectivity index (χ4v) is 3.97. The maximum absolute atomic E-state index is 6.41. The monoisotopic (exact) mass is 434 g/mol. The smallest absolute Gasteiger partial charge is 0.0850 e. The lowest BCUT2D eigenvalue weighted by atomic mass is 10.0. The highest BCUT2D eigenvalue weighted by atomic mass is 79.9. The lowest BCUT2D eigenvalue weighted by Crippen LogP contribution is -2.30. The molecule has 0 saturated carbocycles. The van der Waals surface area contributed by atoms with E-state index in [1.807, 2.05) is 36.9 Å². The molecule has 0 radical (unpaired) electrons. The Morgan fingerprint density at radius 3 is 2.67 bits per heavy atom. The minimum Gasteiger partial charge on any atom is -0.271 e. The van der Waals surface area contributed by atoms with Gasteiger partial charge in [0.05, 0.1) is 22.5 Å². The van der Waals surface area contributed by atoms with Gasteiger partial charge in [0.15, 0.2) is 0 Å².